The third-order valence-corrected chi connectivity index (χ3v) is 7.80. The van der Waals surface area contributed by atoms with Crippen molar-refractivity contribution in [3.63, 3.8) is 0 Å². The minimum Gasteiger partial charge on any atom is -0.458 e. The number of hydrogen-bond donors (Lipinski definition) is 0. The molecule has 5 aromatic carbocycles. The Morgan fingerprint density at radius 3 is 2.23 bits per heavy atom. The fraction of sp³-hybridized carbons (Fsp3) is 0.0312. The highest BCUT2D eigenvalue weighted by Crippen LogP contribution is 2.44. The molecule has 182 valence electrons. The van der Waals surface area contributed by atoms with Crippen LogP contribution in [0.2, 0.25) is 0 Å². The first kappa shape index (κ1) is 14.7. The zero-order valence-electron chi connectivity index (χ0n) is 27.3. The Morgan fingerprint density at radius 2 is 1.38 bits per heavy atom. The lowest BCUT2D eigenvalue weighted by molar-refractivity contribution is 0.441. The quantitative estimate of drug-likeness (QED) is 0.271. The number of aromatic nitrogens is 3. The van der Waals surface area contributed by atoms with E-state index < -0.39 is 12.8 Å². The molecule has 0 atom stereocenters. The average molecular weight is 510 g/mol. The first-order valence-electron chi connectivity index (χ1n) is 16.0. The first-order chi connectivity index (χ1) is 22.2. The number of imidazole rings is 2. The maximum Gasteiger partial charge on any atom is 0.270 e. The van der Waals surface area contributed by atoms with Crippen LogP contribution in [0.4, 0.5) is 0 Å². The van der Waals surface area contributed by atoms with Crippen LogP contribution in [0.5, 0.6) is 34.5 Å². The Balaban J connectivity index is 1.38. The Labute approximate surface area is 232 Å². The van der Waals surface area contributed by atoms with Crippen LogP contribution in [0.3, 0.4) is 0 Å². The summed E-state index contributed by atoms with van der Waals surface area (Å²) in [4.78, 5) is 4.91. The molecule has 0 bridgehead atoms. The molecule has 0 fully saturated rings. The molecule has 7 heteroatoms. The van der Waals surface area contributed by atoms with Crippen molar-refractivity contribution in [3.8, 4) is 40.2 Å². The molecule has 0 unspecified atom stereocenters. The minimum absolute atomic E-state index is 0.0162. The van der Waals surface area contributed by atoms with E-state index in [2.05, 4.69) is 0 Å². The third kappa shape index (κ3) is 2.33. The predicted molar refractivity (Wildman–Crippen MR) is 152 cm³/mol. The van der Waals surface area contributed by atoms with Gasteiger partial charge in [0, 0.05) is 28.5 Å². The lowest BCUT2D eigenvalue weighted by atomic mass is 9.34. The van der Waals surface area contributed by atoms with E-state index in [1.165, 1.54) is 0 Å². The van der Waals surface area contributed by atoms with Crippen molar-refractivity contribution in [1.82, 2.24) is 14.0 Å². The topological polar surface area (TPSA) is 49.9 Å². The lowest BCUT2D eigenvalue weighted by Gasteiger charge is -2.38. The molecule has 10 rings (SSSR count). The predicted octanol–water partition coefficient (Wildman–Crippen LogP) is 5.57. The molecule has 6 nitrogen and oxygen atoms in total. The molecule has 0 radical (unpaired) electrons. The molecule has 2 aromatic heterocycles. The molecule has 0 N–H and O–H groups in total. The monoisotopic (exact) mass is 510 g/mol. The van der Waals surface area contributed by atoms with Crippen LogP contribution in [-0.4, -0.2) is 20.7 Å². The molecule has 0 saturated carbocycles. The average Bonchev–Trinajstić information content (AvgIpc) is 3.60. The summed E-state index contributed by atoms with van der Waals surface area (Å²) in [5.41, 5.74) is 4.71. The van der Waals surface area contributed by atoms with Crippen LogP contribution in [0, 0.1) is 6.92 Å². The summed E-state index contributed by atoms with van der Waals surface area (Å²) in [6.07, 6.45) is 0. The van der Waals surface area contributed by atoms with Crippen molar-refractivity contribution < 1.29 is 23.8 Å². The molecule has 39 heavy (non-hydrogen) atoms. The molecule has 5 heterocycles. The van der Waals surface area contributed by atoms with Crippen molar-refractivity contribution in [2.75, 3.05) is 0 Å². The van der Waals surface area contributed by atoms with Gasteiger partial charge in [-0.05, 0) is 54.9 Å². The SMILES string of the molecule is [2H]c1c([2H])c2c3c(c1[2H])Oc1c([2H])c([2H])c(C)c4c1B3c1c(c([2H])c(-n3c5ccccc5n5c6ccccc6nc35)c([2H])c1O4)O2. The van der Waals surface area contributed by atoms with E-state index in [0.29, 0.717) is 33.2 Å². The Morgan fingerprint density at radius 1 is 0.718 bits per heavy atom. The molecule has 3 aliphatic rings. The number of fused-ring (bicyclic) bond motifs is 5. The van der Waals surface area contributed by atoms with Gasteiger partial charge in [0.25, 0.3) is 6.71 Å². The summed E-state index contributed by atoms with van der Waals surface area (Å²) in [5.74, 6) is 0.821. The molecular weight excluding hydrogens is 485 g/mol. The van der Waals surface area contributed by atoms with Crippen LogP contribution >= 0.6 is 0 Å². The number of ether oxygens (including phenoxy) is 3. The molecule has 0 amide bonds. The fourth-order valence-corrected chi connectivity index (χ4v) is 6.19. The van der Waals surface area contributed by atoms with E-state index in [-0.39, 0.29) is 76.4 Å². The molecule has 0 spiro atoms. The van der Waals surface area contributed by atoms with Crippen molar-refractivity contribution in [2.24, 2.45) is 0 Å². The van der Waals surface area contributed by atoms with Crippen LogP contribution < -0.4 is 30.6 Å². The van der Waals surface area contributed by atoms with Gasteiger partial charge in [0.2, 0.25) is 5.78 Å². The van der Waals surface area contributed by atoms with Gasteiger partial charge in [0.1, 0.15) is 34.5 Å². The smallest absolute Gasteiger partial charge is 0.270 e. The molecule has 7 aromatic rings. The largest absolute Gasteiger partial charge is 0.458 e. The lowest BCUT2D eigenvalue weighted by Crippen LogP contribution is -2.59. The Bertz CT molecular complexity index is 2530. The summed E-state index contributed by atoms with van der Waals surface area (Å²) in [6, 6.07) is 13.6. The summed E-state index contributed by atoms with van der Waals surface area (Å²) >= 11 is 0. The summed E-state index contributed by atoms with van der Waals surface area (Å²) in [6.45, 7) is 0.852. The Hall–Kier alpha value is -5.17. The van der Waals surface area contributed by atoms with E-state index in [1.807, 2.05) is 52.9 Å². The van der Waals surface area contributed by atoms with Crippen molar-refractivity contribution in [2.45, 2.75) is 6.92 Å². The van der Waals surface area contributed by atoms with Gasteiger partial charge in [-0.1, -0.05) is 36.4 Å². The van der Waals surface area contributed by atoms with Gasteiger partial charge in [-0.3, -0.25) is 8.97 Å². The highest BCUT2D eigenvalue weighted by molar-refractivity contribution is 6.99. The van der Waals surface area contributed by atoms with Crippen LogP contribution in [0.1, 0.15) is 15.2 Å². The van der Waals surface area contributed by atoms with Gasteiger partial charge in [-0.15, -0.1) is 0 Å². The standard InChI is InChI=1S/C32H18BN3O3/c1-17-13-14-25-30-31(17)39-27-16-18(15-26-29(27)33(30)28-23(37-25)11-6-12-24(28)38-26)35-21-9-4-5-10-22(21)36-20-8-3-2-7-19(20)34-32(35)36/h2-16H,1H3/i6D,11D,12D,13D,14D,15D,16D. The van der Waals surface area contributed by atoms with Crippen molar-refractivity contribution in [1.29, 1.82) is 0 Å². The van der Waals surface area contributed by atoms with Gasteiger partial charge < -0.3 is 14.2 Å². The summed E-state index contributed by atoms with van der Waals surface area (Å²) in [5, 5.41) is 0. The molecule has 0 aliphatic carbocycles. The summed E-state index contributed by atoms with van der Waals surface area (Å²) in [7, 11) is 0. The first-order valence-corrected chi connectivity index (χ1v) is 12.5. The van der Waals surface area contributed by atoms with E-state index >= 15 is 0 Å². The second-order valence-corrected chi connectivity index (χ2v) is 9.86. The van der Waals surface area contributed by atoms with E-state index in [0.717, 1.165) is 16.6 Å². The maximum absolute atomic E-state index is 9.61. The maximum atomic E-state index is 9.61. The second-order valence-electron chi connectivity index (χ2n) is 9.86. The van der Waals surface area contributed by atoms with Crippen molar-refractivity contribution >= 4 is 50.9 Å². The molecule has 0 saturated heterocycles. The number of para-hydroxylation sites is 4. The number of rotatable bonds is 1. The molecular formula is C32H18BN3O3. The van der Waals surface area contributed by atoms with E-state index in [1.54, 1.807) is 11.5 Å². The zero-order chi connectivity index (χ0) is 31.5. The van der Waals surface area contributed by atoms with Crippen LogP contribution in [0.15, 0.2) is 90.8 Å². The van der Waals surface area contributed by atoms with Gasteiger partial charge >= 0.3 is 0 Å². The fourth-order valence-electron chi connectivity index (χ4n) is 6.19. The minimum atomic E-state index is -0.814. The van der Waals surface area contributed by atoms with Gasteiger partial charge in [0.05, 0.1) is 37.3 Å². The van der Waals surface area contributed by atoms with Gasteiger partial charge in [-0.2, -0.15) is 0 Å². The van der Waals surface area contributed by atoms with Crippen molar-refractivity contribution in [3.05, 3.63) is 96.4 Å². The van der Waals surface area contributed by atoms with Crippen LogP contribution in [0.25, 0.3) is 33.5 Å². The van der Waals surface area contributed by atoms with Gasteiger partial charge in [0.15, 0.2) is 0 Å². The normalized spacial score (nSPS) is 16.3. The highest BCUT2D eigenvalue weighted by Gasteiger charge is 2.47. The van der Waals surface area contributed by atoms with E-state index in [9.17, 15) is 2.74 Å². The number of nitrogens with zero attached hydrogens (tertiary/aromatic N) is 3. The second kappa shape index (κ2) is 6.63. The van der Waals surface area contributed by atoms with Crippen LogP contribution in [-0.2, 0) is 0 Å². The third-order valence-electron chi connectivity index (χ3n) is 7.80. The number of hydrogen-bond acceptors (Lipinski definition) is 4. The van der Waals surface area contributed by atoms with Gasteiger partial charge in [-0.25, -0.2) is 4.98 Å². The summed E-state index contributed by atoms with van der Waals surface area (Å²) < 4.78 is 85.2. The molecule has 3 aliphatic heterocycles. The highest BCUT2D eigenvalue weighted by atomic mass is 16.5. The zero-order valence-corrected chi connectivity index (χ0v) is 20.3. The Kier molecular flexibility index (Phi) is 2.50. The number of benzene rings is 5. The van der Waals surface area contributed by atoms with E-state index in [4.69, 9.17) is 26.0 Å².